The lowest BCUT2D eigenvalue weighted by Gasteiger charge is -2.19. The van der Waals surface area contributed by atoms with E-state index in [1.807, 2.05) is 13.0 Å². The molecule has 0 aromatic rings. The molecule has 0 radical (unpaired) electrons. The van der Waals surface area contributed by atoms with Crippen molar-refractivity contribution in [1.29, 1.82) is 0 Å². The highest BCUT2D eigenvalue weighted by Crippen LogP contribution is 2.02. The van der Waals surface area contributed by atoms with E-state index in [0.717, 1.165) is 6.42 Å². The van der Waals surface area contributed by atoms with Crippen LogP contribution < -0.4 is 5.32 Å². The summed E-state index contributed by atoms with van der Waals surface area (Å²) in [6, 6.07) is 0. The van der Waals surface area contributed by atoms with Crippen molar-refractivity contribution in [3.8, 4) is 12.3 Å². The van der Waals surface area contributed by atoms with Gasteiger partial charge in [-0.3, -0.25) is 4.79 Å². The van der Waals surface area contributed by atoms with E-state index < -0.39 is 5.54 Å². The molecule has 0 rings (SSSR count). The zero-order chi connectivity index (χ0) is 10.5. The molecule has 0 bridgehead atoms. The van der Waals surface area contributed by atoms with Gasteiger partial charge in [-0.15, -0.1) is 6.42 Å². The average Bonchev–Trinajstić information content (AvgIpc) is 2.04. The number of terminal acetylenes is 1. The highest BCUT2D eigenvalue weighted by atomic mass is 16.1. The van der Waals surface area contributed by atoms with Crippen LogP contribution in [0.4, 0.5) is 0 Å². The summed E-state index contributed by atoms with van der Waals surface area (Å²) in [5.41, 5.74) is 0.144. The van der Waals surface area contributed by atoms with Crippen molar-refractivity contribution >= 4 is 5.91 Å². The normalized spacial score (nSPS) is 12.1. The summed E-state index contributed by atoms with van der Waals surface area (Å²) in [4.78, 5) is 11.4. The topological polar surface area (TPSA) is 29.1 Å². The number of carbonyl (C=O) groups is 1. The van der Waals surface area contributed by atoms with Gasteiger partial charge < -0.3 is 5.32 Å². The molecular formula is C11H17NO. The molecule has 0 fully saturated rings. The van der Waals surface area contributed by atoms with Gasteiger partial charge in [0.2, 0.25) is 5.91 Å². The van der Waals surface area contributed by atoms with Crippen molar-refractivity contribution in [2.24, 2.45) is 0 Å². The molecule has 1 amide bonds. The van der Waals surface area contributed by atoms with Gasteiger partial charge >= 0.3 is 0 Å². The zero-order valence-corrected chi connectivity index (χ0v) is 8.77. The van der Waals surface area contributed by atoms with E-state index in [4.69, 9.17) is 6.42 Å². The van der Waals surface area contributed by atoms with Crippen molar-refractivity contribution in [2.75, 3.05) is 0 Å². The summed E-state index contributed by atoms with van der Waals surface area (Å²) < 4.78 is 0. The van der Waals surface area contributed by atoms with E-state index in [1.165, 1.54) is 0 Å². The van der Waals surface area contributed by atoms with Crippen molar-refractivity contribution in [1.82, 2.24) is 5.32 Å². The molecule has 0 aliphatic rings. The molecule has 13 heavy (non-hydrogen) atoms. The minimum Gasteiger partial charge on any atom is -0.337 e. The molecule has 0 saturated heterocycles. The summed E-state index contributed by atoms with van der Waals surface area (Å²) in [6.45, 7) is 7.36. The van der Waals surface area contributed by atoms with E-state index in [0.29, 0.717) is 5.57 Å². The van der Waals surface area contributed by atoms with Crippen LogP contribution in [0.15, 0.2) is 11.6 Å². The van der Waals surface area contributed by atoms with Gasteiger partial charge in [0.25, 0.3) is 0 Å². The van der Waals surface area contributed by atoms with E-state index in [2.05, 4.69) is 11.2 Å². The van der Waals surface area contributed by atoms with Gasteiger partial charge in [0, 0.05) is 5.57 Å². The second kappa shape index (κ2) is 4.71. The maximum Gasteiger partial charge on any atom is 0.247 e. The summed E-state index contributed by atoms with van der Waals surface area (Å²) in [5.74, 6) is 2.42. The van der Waals surface area contributed by atoms with Crippen LogP contribution in [0.2, 0.25) is 0 Å². The molecule has 2 heteroatoms. The summed E-state index contributed by atoms with van der Waals surface area (Å²) in [6.07, 6.45) is 7.98. The Morgan fingerprint density at radius 2 is 2.15 bits per heavy atom. The number of rotatable bonds is 3. The van der Waals surface area contributed by atoms with E-state index in [9.17, 15) is 4.79 Å². The van der Waals surface area contributed by atoms with Gasteiger partial charge in [-0.05, 0) is 27.2 Å². The predicted octanol–water partition coefficient (Wildman–Crippen LogP) is 1.87. The third-order valence-corrected chi connectivity index (χ3v) is 1.66. The van der Waals surface area contributed by atoms with E-state index in [-0.39, 0.29) is 5.91 Å². The Bertz CT molecular complexity index is 256. The highest BCUT2D eigenvalue weighted by Gasteiger charge is 2.17. The molecule has 72 valence electrons. The second-order valence-electron chi connectivity index (χ2n) is 3.52. The Balaban J connectivity index is 4.34. The quantitative estimate of drug-likeness (QED) is 0.520. The Morgan fingerprint density at radius 1 is 1.62 bits per heavy atom. The maximum atomic E-state index is 11.4. The van der Waals surface area contributed by atoms with Gasteiger partial charge in [-0.2, -0.15) is 0 Å². The van der Waals surface area contributed by atoms with E-state index >= 15 is 0 Å². The van der Waals surface area contributed by atoms with Gasteiger partial charge in [0.15, 0.2) is 0 Å². The monoisotopic (exact) mass is 179 g/mol. The number of carbonyl (C=O) groups excluding carboxylic acids is 1. The lowest BCUT2D eigenvalue weighted by molar-refractivity contribution is -0.118. The molecule has 1 N–H and O–H groups in total. The first-order valence-electron chi connectivity index (χ1n) is 4.40. The third kappa shape index (κ3) is 4.37. The Hall–Kier alpha value is -1.23. The lowest BCUT2D eigenvalue weighted by atomic mass is 10.1. The second-order valence-corrected chi connectivity index (χ2v) is 3.52. The van der Waals surface area contributed by atoms with Gasteiger partial charge in [0.05, 0.1) is 5.54 Å². The van der Waals surface area contributed by atoms with Crippen LogP contribution in [-0.4, -0.2) is 11.4 Å². The zero-order valence-electron chi connectivity index (χ0n) is 8.77. The fraction of sp³-hybridized carbons (Fsp3) is 0.545. The first-order chi connectivity index (χ1) is 5.93. The van der Waals surface area contributed by atoms with Crippen LogP contribution >= 0.6 is 0 Å². The van der Waals surface area contributed by atoms with Crippen molar-refractivity contribution in [2.45, 2.75) is 39.7 Å². The predicted molar refractivity (Wildman–Crippen MR) is 55.1 cm³/mol. The number of nitrogens with one attached hydrogen (secondary N) is 1. The summed E-state index contributed by atoms with van der Waals surface area (Å²) >= 11 is 0. The van der Waals surface area contributed by atoms with Crippen LogP contribution in [0.5, 0.6) is 0 Å². The smallest absolute Gasteiger partial charge is 0.247 e. The molecule has 0 aromatic carbocycles. The van der Waals surface area contributed by atoms with Crippen molar-refractivity contribution in [3.05, 3.63) is 11.6 Å². The SMILES string of the molecule is C#CC(C)(C)NC(=O)/C(C)=C\CC. The van der Waals surface area contributed by atoms with Crippen LogP contribution in [0, 0.1) is 12.3 Å². The first kappa shape index (κ1) is 11.8. The minimum atomic E-state index is -0.570. The fourth-order valence-electron chi connectivity index (χ4n) is 0.817. The summed E-state index contributed by atoms with van der Waals surface area (Å²) in [7, 11) is 0. The molecule has 0 heterocycles. The number of amides is 1. The molecular weight excluding hydrogens is 162 g/mol. The molecule has 0 spiro atoms. The first-order valence-corrected chi connectivity index (χ1v) is 4.40. The molecule has 0 aliphatic carbocycles. The highest BCUT2D eigenvalue weighted by molar-refractivity contribution is 5.93. The number of allylic oxidation sites excluding steroid dienone is 1. The van der Waals surface area contributed by atoms with Gasteiger partial charge in [-0.1, -0.05) is 18.9 Å². The summed E-state index contributed by atoms with van der Waals surface area (Å²) in [5, 5.41) is 2.75. The maximum absolute atomic E-state index is 11.4. The Morgan fingerprint density at radius 3 is 2.54 bits per heavy atom. The molecule has 0 unspecified atom stereocenters. The lowest BCUT2D eigenvalue weighted by Crippen LogP contribution is -2.42. The van der Waals surface area contributed by atoms with Gasteiger partial charge in [-0.25, -0.2) is 0 Å². The molecule has 2 nitrogen and oxygen atoms in total. The van der Waals surface area contributed by atoms with Crippen LogP contribution in [0.3, 0.4) is 0 Å². The van der Waals surface area contributed by atoms with E-state index in [1.54, 1.807) is 20.8 Å². The van der Waals surface area contributed by atoms with Crippen LogP contribution in [0.1, 0.15) is 34.1 Å². The van der Waals surface area contributed by atoms with Gasteiger partial charge in [0.1, 0.15) is 0 Å². The Kier molecular flexibility index (Phi) is 4.27. The number of hydrogen-bond acceptors (Lipinski definition) is 1. The third-order valence-electron chi connectivity index (χ3n) is 1.66. The largest absolute Gasteiger partial charge is 0.337 e. The molecule has 0 aromatic heterocycles. The fourth-order valence-corrected chi connectivity index (χ4v) is 0.817. The minimum absolute atomic E-state index is 0.0928. The average molecular weight is 179 g/mol. The molecule has 0 atom stereocenters. The van der Waals surface area contributed by atoms with Crippen LogP contribution in [0.25, 0.3) is 0 Å². The van der Waals surface area contributed by atoms with Crippen molar-refractivity contribution < 1.29 is 4.79 Å². The van der Waals surface area contributed by atoms with Crippen molar-refractivity contribution in [3.63, 3.8) is 0 Å². The molecule has 0 aliphatic heterocycles. The standard InChI is InChI=1S/C11H17NO/c1-6-8-9(3)10(13)12-11(4,5)7-2/h2,8H,6H2,1,3-5H3,(H,12,13)/b9-8-. The number of hydrogen-bond donors (Lipinski definition) is 1. The van der Waals surface area contributed by atoms with Crippen LogP contribution in [-0.2, 0) is 4.79 Å². The Labute approximate surface area is 80.4 Å². The molecule has 0 saturated carbocycles.